The first-order valence-corrected chi connectivity index (χ1v) is 9.56. The standard InChI is InChI=1S/C18H16N6O5S/c1-11-6-7-13(9-15(11)24(28)29)19-16(25)10-30-18-21-20-17(22(18)2)12-4-3-5-14(8-12)23(26)27/h3-9H,10H2,1-2H3,(H,19,25). The third-order valence-electron chi connectivity index (χ3n) is 4.17. The third-order valence-corrected chi connectivity index (χ3v) is 5.19. The predicted octanol–water partition coefficient (Wildman–Crippen LogP) is 3.34. The van der Waals surface area contributed by atoms with Gasteiger partial charge in [0, 0.05) is 42.1 Å². The number of rotatable bonds is 7. The molecule has 12 heteroatoms. The molecule has 0 aliphatic rings. The maximum absolute atomic E-state index is 12.2. The molecule has 154 valence electrons. The molecule has 1 aromatic heterocycles. The summed E-state index contributed by atoms with van der Waals surface area (Å²) in [6.07, 6.45) is 0. The van der Waals surface area contributed by atoms with Crippen molar-refractivity contribution < 1.29 is 14.6 Å². The lowest BCUT2D eigenvalue weighted by atomic mass is 10.2. The lowest BCUT2D eigenvalue weighted by Crippen LogP contribution is -2.14. The van der Waals surface area contributed by atoms with E-state index in [2.05, 4.69) is 15.5 Å². The van der Waals surface area contributed by atoms with Gasteiger partial charge in [-0.25, -0.2) is 0 Å². The highest BCUT2D eigenvalue weighted by Crippen LogP contribution is 2.26. The molecule has 0 bridgehead atoms. The fourth-order valence-corrected chi connectivity index (χ4v) is 3.37. The van der Waals surface area contributed by atoms with Gasteiger partial charge in [-0.2, -0.15) is 0 Å². The molecule has 0 fully saturated rings. The Bertz CT molecular complexity index is 1150. The van der Waals surface area contributed by atoms with E-state index >= 15 is 0 Å². The molecule has 30 heavy (non-hydrogen) atoms. The third kappa shape index (κ3) is 4.60. The van der Waals surface area contributed by atoms with Crippen LogP contribution in [0, 0.1) is 27.2 Å². The molecular formula is C18H16N6O5S. The average molecular weight is 428 g/mol. The zero-order valence-corrected chi connectivity index (χ0v) is 16.8. The van der Waals surface area contributed by atoms with E-state index < -0.39 is 9.85 Å². The number of aromatic nitrogens is 3. The van der Waals surface area contributed by atoms with Crippen molar-refractivity contribution >= 4 is 34.7 Å². The van der Waals surface area contributed by atoms with Crippen LogP contribution in [-0.4, -0.2) is 36.3 Å². The molecule has 1 amide bonds. The predicted molar refractivity (Wildman–Crippen MR) is 110 cm³/mol. The average Bonchev–Trinajstić information content (AvgIpc) is 3.08. The largest absolute Gasteiger partial charge is 0.325 e. The van der Waals surface area contributed by atoms with Gasteiger partial charge in [0.15, 0.2) is 11.0 Å². The highest BCUT2D eigenvalue weighted by atomic mass is 32.2. The zero-order chi connectivity index (χ0) is 21.8. The summed E-state index contributed by atoms with van der Waals surface area (Å²) in [5.74, 6) is 0.0663. The topological polar surface area (TPSA) is 146 Å². The van der Waals surface area contributed by atoms with Crippen LogP contribution in [0.3, 0.4) is 0 Å². The SMILES string of the molecule is Cc1ccc(NC(=O)CSc2nnc(-c3cccc([N+](=O)[O-])c3)n2C)cc1[N+](=O)[O-]. The maximum atomic E-state index is 12.2. The van der Waals surface area contributed by atoms with Gasteiger partial charge in [-0.3, -0.25) is 25.0 Å². The number of benzene rings is 2. The number of aryl methyl sites for hydroxylation is 1. The van der Waals surface area contributed by atoms with Crippen LogP contribution in [0.2, 0.25) is 0 Å². The molecule has 0 aliphatic carbocycles. The number of non-ortho nitro benzene ring substituents is 1. The van der Waals surface area contributed by atoms with E-state index in [1.54, 1.807) is 42.8 Å². The molecule has 0 spiro atoms. The molecule has 3 aromatic rings. The van der Waals surface area contributed by atoms with Gasteiger partial charge >= 0.3 is 0 Å². The molecule has 0 saturated heterocycles. The highest BCUT2D eigenvalue weighted by Gasteiger charge is 2.16. The zero-order valence-electron chi connectivity index (χ0n) is 15.9. The van der Waals surface area contributed by atoms with Gasteiger partial charge in [-0.1, -0.05) is 30.0 Å². The lowest BCUT2D eigenvalue weighted by molar-refractivity contribution is -0.385. The number of nitrogens with zero attached hydrogens (tertiary/aromatic N) is 5. The van der Waals surface area contributed by atoms with Crippen LogP contribution in [0.15, 0.2) is 47.6 Å². The van der Waals surface area contributed by atoms with Gasteiger partial charge in [0.2, 0.25) is 5.91 Å². The van der Waals surface area contributed by atoms with Crippen LogP contribution in [-0.2, 0) is 11.8 Å². The van der Waals surface area contributed by atoms with Crippen molar-refractivity contribution in [2.75, 3.05) is 11.1 Å². The number of anilines is 1. The Kier molecular flexibility index (Phi) is 6.06. The van der Waals surface area contributed by atoms with Crippen molar-refractivity contribution in [1.82, 2.24) is 14.8 Å². The van der Waals surface area contributed by atoms with Crippen LogP contribution < -0.4 is 5.32 Å². The first-order chi connectivity index (χ1) is 14.3. The number of nitro groups is 2. The summed E-state index contributed by atoms with van der Waals surface area (Å²) in [4.78, 5) is 33.2. The Morgan fingerprint density at radius 2 is 1.90 bits per heavy atom. The summed E-state index contributed by atoms with van der Waals surface area (Å²) >= 11 is 1.12. The molecule has 3 rings (SSSR count). The number of hydrogen-bond donors (Lipinski definition) is 1. The van der Waals surface area contributed by atoms with E-state index in [1.165, 1.54) is 18.2 Å². The second kappa shape index (κ2) is 8.69. The number of carbonyl (C=O) groups is 1. The number of amides is 1. The number of hydrogen-bond acceptors (Lipinski definition) is 8. The molecule has 0 atom stereocenters. The quantitative estimate of drug-likeness (QED) is 0.342. The minimum Gasteiger partial charge on any atom is -0.325 e. The summed E-state index contributed by atoms with van der Waals surface area (Å²) in [5, 5.41) is 33.1. The van der Waals surface area contributed by atoms with Crippen molar-refractivity contribution in [3.05, 3.63) is 68.3 Å². The Labute approximate surface area is 174 Å². The summed E-state index contributed by atoms with van der Waals surface area (Å²) in [6, 6.07) is 10.5. The van der Waals surface area contributed by atoms with E-state index in [0.29, 0.717) is 27.8 Å². The Balaban J connectivity index is 1.68. The molecule has 1 N–H and O–H groups in total. The first kappa shape index (κ1) is 20.9. The van der Waals surface area contributed by atoms with Crippen LogP contribution >= 0.6 is 11.8 Å². The van der Waals surface area contributed by atoms with E-state index in [0.717, 1.165) is 11.8 Å². The molecule has 0 unspecified atom stereocenters. The van der Waals surface area contributed by atoms with Crippen molar-refractivity contribution in [3.8, 4) is 11.4 Å². The van der Waals surface area contributed by atoms with E-state index in [9.17, 15) is 25.0 Å². The van der Waals surface area contributed by atoms with Gasteiger partial charge < -0.3 is 9.88 Å². The minimum atomic E-state index is -0.505. The van der Waals surface area contributed by atoms with E-state index in [4.69, 9.17) is 0 Å². The van der Waals surface area contributed by atoms with Crippen molar-refractivity contribution in [2.45, 2.75) is 12.1 Å². The second-order valence-corrected chi connectivity index (χ2v) is 7.21. The van der Waals surface area contributed by atoms with Crippen LogP contribution in [0.25, 0.3) is 11.4 Å². The minimum absolute atomic E-state index is 0.00256. The van der Waals surface area contributed by atoms with Gasteiger partial charge in [-0.15, -0.1) is 10.2 Å². The van der Waals surface area contributed by atoms with Gasteiger partial charge in [0.05, 0.1) is 15.6 Å². The Hall–Kier alpha value is -3.80. The highest BCUT2D eigenvalue weighted by molar-refractivity contribution is 7.99. The fourth-order valence-electron chi connectivity index (χ4n) is 2.66. The molecule has 0 saturated carbocycles. The smallest absolute Gasteiger partial charge is 0.274 e. The van der Waals surface area contributed by atoms with Crippen LogP contribution in [0.5, 0.6) is 0 Å². The number of thioether (sulfide) groups is 1. The molecule has 0 radical (unpaired) electrons. The molecule has 0 aliphatic heterocycles. The Morgan fingerprint density at radius 1 is 1.13 bits per heavy atom. The Morgan fingerprint density at radius 3 is 2.60 bits per heavy atom. The summed E-state index contributed by atoms with van der Waals surface area (Å²) < 4.78 is 1.63. The maximum Gasteiger partial charge on any atom is 0.274 e. The van der Waals surface area contributed by atoms with Gasteiger partial charge in [0.1, 0.15) is 0 Å². The molecule has 11 nitrogen and oxygen atoms in total. The van der Waals surface area contributed by atoms with Crippen molar-refractivity contribution in [2.24, 2.45) is 7.05 Å². The summed E-state index contributed by atoms with van der Waals surface area (Å²) in [7, 11) is 1.69. The van der Waals surface area contributed by atoms with Gasteiger partial charge in [0.25, 0.3) is 11.4 Å². The molecule has 2 aromatic carbocycles. The van der Waals surface area contributed by atoms with Crippen molar-refractivity contribution in [1.29, 1.82) is 0 Å². The molecule has 1 heterocycles. The number of carbonyl (C=O) groups excluding carboxylic acids is 1. The van der Waals surface area contributed by atoms with E-state index in [-0.39, 0.29) is 23.0 Å². The second-order valence-electron chi connectivity index (χ2n) is 6.27. The van der Waals surface area contributed by atoms with Gasteiger partial charge in [-0.05, 0) is 13.0 Å². The first-order valence-electron chi connectivity index (χ1n) is 8.58. The lowest BCUT2D eigenvalue weighted by Gasteiger charge is -2.06. The fraction of sp³-hybridized carbons (Fsp3) is 0.167. The van der Waals surface area contributed by atoms with Crippen molar-refractivity contribution in [3.63, 3.8) is 0 Å². The number of nitrogens with one attached hydrogen (secondary N) is 1. The normalized spacial score (nSPS) is 10.6. The summed E-state index contributed by atoms with van der Waals surface area (Å²) in [6.45, 7) is 1.62. The number of nitro benzene ring substituents is 2. The molecular weight excluding hydrogens is 412 g/mol. The van der Waals surface area contributed by atoms with Crippen LogP contribution in [0.1, 0.15) is 5.56 Å². The summed E-state index contributed by atoms with van der Waals surface area (Å²) in [5.41, 5.74) is 1.22. The van der Waals surface area contributed by atoms with Crippen LogP contribution in [0.4, 0.5) is 17.1 Å². The monoisotopic (exact) mass is 428 g/mol. The van der Waals surface area contributed by atoms with E-state index in [1.807, 2.05) is 0 Å².